The summed E-state index contributed by atoms with van der Waals surface area (Å²) in [5.41, 5.74) is 8.60. The molecule has 14 heavy (non-hydrogen) atoms. The molecule has 0 aliphatic carbocycles. The van der Waals surface area contributed by atoms with E-state index in [-0.39, 0.29) is 6.04 Å². The van der Waals surface area contributed by atoms with Crippen molar-refractivity contribution in [1.29, 1.82) is 0 Å². The predicted octanol–water partition coefficient (Wildman–Crippen LogP) is 3.29. The van der Waals surface area contributed by atoms with Crippen LogP contribution in [-0.4, -0.2) is 0 Å². The monoisotopic (exact) mass is 191 g/mol. The van der Waals surface area contributed by atoms with Crippen molar-refractivity contribution >= 4 is 0 Å². The molecule has 0 saturated carbocycles. The van der Waals surface area contributed by atoms with Crippen LogP contribution in [0.3, 0.4) is 0 Å². The lowest BCUT2D eigenvalue weighted by Crippen LogP contribution is -2.08. The zero-order valence-corrected chi connectivity index (χ0v) is 9.46. The van der Waals surface area contributed by atoms with E-state index in [1.165, 1.54) is 11.1 Å². The summed E-state index contributed by atoms with van der Waals surface area (Å²) in [5, 5.41) is 0. The minimum Gasteiger partial charge on any atom is -0.324 e. The lowest BCUT2D eigenvalue weighted by atomic mass is 9.99. The smallest absolute Gasteiger partial charge is 0.0292 e. The summed E-state index contributed by atoms with van der Waals surface area (Å²) in [6.45, 7) is 6.60. The summed E-state index contributed by atoms with van der Waals surface area (Å²) >= 11 is 0. The van der Waals surface area contributed by atoms with Crippen LogP contribution >= 0.6 is 0 Å². The van der Waals surface area contributed by atoms with Gasteiger partial charge in [-0.05, 0) is 29.9 Å². The molecule has 2 N–H and O–H groups in total. The van der Waals surface area contributed by atoms with E-state index in [0.29, 0.717) is 0 Å². The Labute approximate surface area is 87.3 Å². The van der Waals surface area contributed by atoms with Crippen LogP contribution in [0.2, 0.25) is 0 Å². The van der Waals surface area contributed by atoms with Gasteiger partial charge in [0, 0.05) is 6.04 Å². The fraction of sp³-hybridized carbons (Fsp3) is 0.538. The second kappa shape index (κ2) is 5.16. The molecule has 0 aliphatic heterocycles. The molecule has 1 heteroatoms. The molecule has 1 nitrogen and oxygen atoms in total. The number of nitrogens with two attached hydrogens (primary N) is 1. The van der Waals surface area contributed by atoms with Gasteiger partial charge in [-0.3, -0.25) is 0 Å². The Morgan fingerprint density at radius 1 is 1.14 bits per heavy atom. The van der Waals surface area contributed by atoms with E-state index in [4.69, 9.17) is 5.73 Å². The first-order chi connectivity index (χ1) is 6.63. The Kier molecular flexibility index (Phi) is 4.15. The van der Waals surface area contributed by atoms with Gasteiger partial charge in [-0.2, -0.15) is 0 Å². The Morgan fingerprint density at radius 3 is 2.14 bits per heavy atom. The van der Waals surface area contributed by atoms with Crippen molar-refractivity contribution in [3.05, 3.63) is 35.4 Å². The molecule has 1 aromatic carbocycles. The Bertz CT molecular complexity index is 261. The maximum absolute atomic E-state index is 5.95. The van der Waals surface area contributed by atoms with Gasteiger partial charge in [0.25, 0.3) is 0 Å². The van der Waals surface area contributed by atoms with Crippen molar-refractivity contribution in [3.8, 4) is 0 Å². The van der Waals surface area contributed by atoms with Crippen molar-refractivity contribution in [1.82, 2.24) is 0 Å². The Balaban J connectivity index is 2.68. The minimum absolute atomic E-state index is 0.197. The SMILES string of the molecule is CC[C@@H](N)c1ccc(CC(C)C)cc1. The van der Waals surface area contributed by atoms with E-state index < -0.39 is 0 Å². The van der Waals surface area contributed by atoms with Gasteiger partial charge in [0.15, 0.2) is 0 Å². The zero-order valence-electron chi connectivity index (χ0n) is 9.46. The second-order valence-electron chi connectivity index (χ2n) is 4.35. The first kappa shape index (κ1) is 11.3. The average molecular weight is 191 g/mol. The molecule has 78 valence electrons. The molecule has 0 bridgehead atoms. The lowest BCUT2D eigenvalue weighted by Gasteiger charge is -2.10. The van der Waals surface area contributed by atoms with Gasteiger partial charge in [-0.1, -0.05) is 45.0 Å². The van der Waals surface area contributed by atoms with Crippen LogP contribution in [0.25, 0.3) is 0 Å². The highest BCUT2D eigenvalue weighted by atomic mass is 14.6. The molecule has 0 spiro atoms. The maximum Gasteiger partial charge on any atom is 0.0292 e. The van der Waals surface area contributed by atoms with Gasteiger partial charge in [-0.15, -0.1) is 0 Å². The van der Waals surface area contributed by atoms with Gasteiger partial charge in [0.05, 0.1) is 0 Å². The van der Waals surface area contributed by atoms with Crippen molar-refractivity contribution in [2.24, 2.45) is 11.7 Å². The molecule has 0 aliphatic rings. The summed E-state index contributed by atoms with van der Waals surface area (Å²) in [5.74, 6) is 0.723. The predicted molar refractivity (Wildman–Crippen MR) is 62.2 cm³/mol. The first-order valence-electron chi connectivity index (χ1n) is 5.48. The summed E-state index contributed by atoms with van der Waals surface area (Å²) in [6, 6.07) is 8.91. The van der Waals surface area contributed by atoms with Crippen LogP contribution < -0.4 is 5.73 Å². The van der Waals surface area contributed by atoms with E-state index in [1.54, 1.807) is 0 Å². The van der Waals surface area contributed by atoms with E-state index in [2.05, 4.69) is 45.0 Å². The number of hydrogen-bond acceptors (Lipinski definition) is 1. The maximum atomic E-state index is 5.95. The average Bonchev–Trinajstić information content (AvgIpc) is 2.17. The fourth-order valence-electron chi connectivity index (χ4n) is 1.61. The third kappa shape index (κ3) is 3.15. The summed E-state index contributed by atoms with van der Waals surface area (Å²) in [7, 11) is 0. The molecular weight excluding hydrogens is 170 g/mol. The summed E-state index contributed by atoms with van der Waals surface area (Å²) in [4.78, 5) is 0. The molecule has 0 radical (unpaired) electrons. The number of rotatable bonds is 4. The van der Waals surface area contributed by atoms with Crippen LogP contribution in [0.4, 0.5) is 0 Å². The normalized spacial score (nSPS) is 13.2. The highest BCUT2D eigenvalue weighted by molar-refractivity contribution is 5.25. The van der Waals surface area contributed by atoms with Crippen LogP contribution in [0.15, 0.2) is 24.3 Å². The number of hydrogen-bond donors (Lipinski definition) is 1. The second-order valence-corrected chi connectivity index (χ2v) is 4.35. The molecule has 0 fully saturated rings. The molecule has 0 saturated heterocycles. The topological polar surface area (TPSA) is 26.0 Å². The van der Waals surface area contributed by atoms with Crippen LogP contribution in [-0.2, 0) is 6.42 Å². The highest BCUT2D eigenvalue weighted by Crippen LogP contribution is 2.15. The molecule has 1 atom stereocenters. The van der Waals surface area contributed by atoms with Gasteiger partial charge in [0.1, 0.15) is 0 Å². The minimum atomic E-state index is 0.197. The first-order valence-corrected chi connectivity index (χ1v) is 5.48. The summed E-state index contributed by atoms with van der Waals surface area (Å²) in [6.07, 6.45) is 2.16. The van der Waals surface area contributed by atoms with Crippen LogP contribution in [0.1, 0.15) is 44.4 Å². The lowest BCUT2D eigenvalue weighted by molar-refractivity contribution is 0.646. The fourth-order valence-corrected chi connectivity index (χ4v) is 1.61. The third-order valence-corrected chi connectivity index (χ3v) is 2.49. The molecular formula is C13H21N. The zero-order chi connectivity index (χ0) is 10.6. The standard InChI is InChI=1S/C13H21N/c1-4-13(14)12-7-5-11(6-8-12)9-10(2)3/h5-8,10,13H,4,9,14H2,1-3H3/t13-/m1/s1. The van der Waals surface area contributed by atoms with E-state index in [1.807, 2.05) is 0 Å². The molecule has 0 heterocycles. The van der Waals surface area contributed by atoms with E-state index in [9.17, 15) is 0 Å². The van der Waals surface area contributed by atoms with Gasteiger partial charge < -0.3 is 5.73 Å². The Morgan fingerprint density at radius 2 is 1.71 bits per heavy atom. The van der Waals surface area contributed by atoms with Crippen molar-refractivity contribution in [2.45, 2.75) is 39.7 Å². The van der Waals surface area contributed by atoms with Crippen LogP contribution in [0, 0.1) is 5.92 Å². The number of benzene rings is 1. The molecule has 1 aromatic rings. The largest absolute Gasteiger partial charge is 0.324 e. The van der Waals surface area contributed by atoms with Gasteiger partial charge in [0.2, 0.25) is 0 Å². The van der Waals surface area contributed by atoms with E-state index in [0.717, 1.165) is 18.8 Å². The van der Waals surface area contributed by atoms with Gasteiger partial charge in [-0.25, -0.2) is 0 Å². The van der Waals surface area contributed by atoms with Crippen molar-refractivity contribution in [3.63, 3.8) is 0 Å². The summed E-state index contributed by atoms with van der Waals surface area (Å²) < 4.78 is 0. The van der Waals surface area contributed by atoms with Gasteiger partial charge >= 0.3 is 0 Å². The molecule has 1 rings (SSSR count). The molecule has 0 aromatic heterocycles. The van der Waals surface area contributed by atoms with Crippen molar-refractivity contribution < 1.29 is 0 Å². The van der Waals surface area contributed by atoms with E-state index >= 15 is 0 Å². The Hall–Kier alpha value is -0.820. The highest BCUT2D eigenvalue weighted by Gasteiger charge is 2.03. The molecule has 0 unspecified atom stereocenters. The quantitative estimate of drug-likeness (QED) is 0.776. The third-order valence-electron chi connectivity index (χ3n) is 2.49. The van der Waals surface area contributed by atoms with Crippen molar-refractivity contribution in [2.75, 3.05) is 0 Å². The van der Waals surface area contributed by atoms with Crippen LogP contribution in [0.5, 0.6) is 0 Å². The molecule has 0 amide bonds.